The predicted molar refractivity (Wildman–Crippen MR) is 67.3 cm³/mol. The van der Waals surface area contributed by atoms with Gasteiger partial charge in [0.1, 0.15) is 23.8 Å². The van der Waals surface area contributed by atoms with Crippen molar-refractivity contribution in [1.82, 2.24) is 15.3 Å². The molecule has 0 aliphatic rings. The van der Waals surface area contributed by atoms with Crippen LogP contribution in [0.1, 0.15) is 23.5 Å². The zero-order valence-electron chi connectivity index (χ0n) is 10.6. The third-order valence-corrected chi connectivity index (χ3v) is 2.72. The van der Waals surface area contributed by atoms with Crippen molar-refractivity contribution in [3.8, 4) is 0 Å². The van der Waals surface area contributed by atoms with Crippen molar-refractivity contribution < 1.29 is 23.8 Å². The van der Waals surface area contributed by atoms with Crippen LogP contribution >= 0.6 is 0 Å². The van der Waals surface area contributed by atoms with Crippen LogP contribution < -0.4 is 5.32 Å². The number of hydrogen-bond donors (Lipinski definition) is 3. The Hall–Kier alpha value is -2.61. The molecule has 2 heterocycles. The molecule has 2 unspecified atom stereocenters. The van der Waals surface area contributed by atoms with Gasteiger partial charge in [0, 0.05) is 0 Å². The summed E-state index contributed by atoms with van der Waals surface area (Å²) >= 11 is 0. The summed E-state index contributed by atoms with van der Waals surface area (Å²) in [6.45, 7) is 0. The minimum Gasteiger partial charge on any atom is -0.465 e. The molecule has 0 saturated heterocycles. The van der Waals surface area contributed by atoms with Crippen LogP contribution in [-0.4, -0.2) is 26.3 Å². The second-order valence-electron chi connectivity index (χ2n) is 4.17. The number of halogens is 2. The Kier molecular flexibility index (Phi) is 4.39. The molecule has 110 valence electrons. The third-order valence-electron chi connectivity index (χ3n) is 2.72. The highest BCUT2D eigenvalue weighted by atomic mass is 19.1. The molecule has 2 aromatic rings. The van der Waals surface area contributed by atoms with Gasteiger partial charge in [0.25, 0.3) is 0 Å². The molecule has 0 aliphatic heterocycles. The first-order valence-electron chi connectivity index (χ1n) is 5.88. The van der Waals surface area contributed by atoms with E-state index in [1.54, 1.807) is 0 Å². The van der Waals surface area contributed by atoms with E-state index in [2.05, 4.69) is 15.3 Å². The number of aromatic nitrogens is 2. The van der Waals surface area contributed by atoms with Gasteiger partial charge in [-0.05, 0) is 24.3 Å². The van der Waals surface area contributed by atoms with Crippen LogP contribution in [0.3, 0.4) is 0 Å². The summed E-state index contributed by atoms with van der Waals surface area (Å²) in [5.74, 6) is -1.18. The van der Waals surface area contributed by atoms with E-state index in [0.29, 0.717) is 0 Å². The summed E-state index contributed by atoms with van der Waals surface area (Å²) in [6.07, 6.45) is -1.00. The minimum absolute atomic E-state index is 0.0567. The van der Waals surface area contributed by atoms with Crippen molar-refractivity contribution >= 4 is 6.09 Å². The molecule has 1 amide bonds. The summed E-state index contributed by atoms with van der Waals surface area (Å²) in [5, 5.41) is 21.1. The number of carboxylic acid groups (broad SMARTS) is 1. The summed E-state index contributed by atoms with van der Waals surface area (Å²) in [6, 6.07) is 3.47. The lowest BCUT2D eigenvalue weighted by Crippen LogP contribution is -2.32. The fraction of sp³-hybridized carbons (Fsp3) is 0.154. The van der Waals surface area contributed by atoms with Crippen LogP contribution in [0.25, 0.3) is 0 Å². The van der Waals surface area contributed by atoms with Crippen molar-refractivity contribution in [2.24, 2.45) is 0 Å². The van der Waals surface area contributed by atoms with Crippen LogP contribution in [0.2, 0.25) is 0 Å². The maximum atomic E-state index is 12.9. The molecule has 0 aromatic carbocycles. The summed E-state index contributed by atoms with van der Waals surface area (Å²) in [7, 11) is 0. The molecular weight excluding hydrogens is 284 g/mol. The Labute approximate surface area is 118 Å². The van der Waals surface area contributed by atoms with E-state index in [9.17, 15) is 18.7 Å². The number of hydrogen-bond acceptors (Lipinski definition) is 4. The first-order valence-corrected chi connectivity index (χ1v) is 5.88. The largest absolute Gasteiger partial charge is 0.465 e. The molecule has 3 N–H and O–H groups in total. The van der Waals surface area contributed by atoms with E-state index in [0.717, 1.165) is 24.5 Å². The molecule has 2 atom stereocenters. The highest BCUT2D eigenvalue weighted by Crippen LogP contribution is 2.26. The topological polar surface area (TPSA) is 95.3 Å². The lowest BCUT2D eigenvalue weighted by atomic mass is 10.0. The number of carbonyl (C=O) groups is 1. The fourth-order valence-electron chi connectivity index (χ4n) is 1.75. The summed E-state index contributed by atoms with van der Waals surface area (Å²) < 4.78 is 25.7. The first-order chi connectivity index (χ1) is 9.97. The Morgan fingerprint density at radius 3 is 2.00 bits per heavy atom. The van der Waals surface area contributed by atoms with Crippen molar-refractivity contribution in [2.75, 3.05) is 0 Å². The van der Waals surface area contributed by atoms with Gasteiger partial charge in [0.15, 0.2) is 0 Å². The van der Waals surface area contributed by atoms with Gasteiger partial charge in [-0.25, -0.2) is 13.6 Å². The van der Waals surface area contributed by atoms with Gasteiger partial charge < -0.3 is 15.5 Å². The number of rotatable bonds is 4. The standard InChI is InChI=1S/C13H11F2N3O3/c14-7-1-3-9(16-5-7)11(18-13(20)21)12(19)10-4-2-8(15)6-17-10/h1-6,11-12,18-19H,(H,20,21). The first kappa shape index (κ1) is 14.8. The van der Waals surface area contributed by atoms with Gasteiger partial charge in [-0.1, -0.05) is 0 Å². The van der Waals surface area contributed by atoms with E-state index in [1.165, 1.54) is 12.1 Å². The number of aliphatic hydroxyl groups excluding tert-OH is 1. The van der Waals surface area contributed by atoms with Crippen LogP contribution in [0.5, 0.6) is 0 Å². The van der Waals surface area contributed by atoms with Crippen LogP contribution in [0, 0.1) is 11.6 Å². The molecule has 21 heavy (non-hydrogen) atoms. The molecular formula is C13H11F2N3O3. The smallest absolute Gasteiger partial charge is 0.405 e. The minimum atomic E-state index is -1.40. The van der Waals surface area contributed by atoms with Gasteiger partial charge >= 0.3 is 6.09 Å². The molecule has 8 heteroatoms. The summed E-state index contributed by atoms with van der Waals surface area (Å²) in [4.78, 5) is 18.3. The van der Waals surface area contributed by atoms with Crippen molar-refractivity contribution in [2.45, 2.75) is 12.1 Å². The van der Waals surface area contributed by atoms with Gasteiger partial charge in [0.05, 0.1) is 23.8 Å². The van der Waals surface area contributed by atoms with E-state index >= 15 is 0 Å². The zero-order valence-corrected chi connectivity index (χ0v) is 10.6. The fourth-order valence-corrected chi connectivity index (χ4v) is 1.75. The van der Waals surface area contributed by atoms with Crippen LogP contribution in [0.15, 0.2) is 36.7 Å². The summed E-state index contributed by atoms with van der Waals surface area (Å²) in [5.41, 5.74) is 0.165. The second kappa shape index (κ2) is 6.23. The van der Waals surface area contributed by atoms with Gasteiger partial charge in [-0.2, -0.15) is 0 Å². The van der Waals surface area contributed by atoms with E-state index < -0.39 is 29.9 Å². The number of nitrogens with zero attached hydrogens (tertiary/aromatic N) is 2. The normalized spacial score (nSPS) is 13.5. The van der Waals surface area contributed by atoms with Gasteiger partial charge in [-0.15, -0.1) is 0 Å². The Morgan fingerprint density at radius 1 is 1.05 bits per heavy atom. The highest BCUT2D eigenvalue weighted by molar-refractivity contribution is 5.65. The molecule has 2 aromatic heterocycles. The Balaban J connectivity index is 2.32. The maximum Gasteiger partial charge on any atom is 0.405 e. The molecule has 0 aliphatic carbocycles. The average molecular weight is 295 g/mol. The van der Waals surface area contributed by atoms with E-state index in [4.69, 9.17) is 5.11 Å². The number of aliphatic hydroxyl groups is 1. The highest BCUT2D eigenvalue weighted by Gasteiger charge is 2.26. The number of amides is 1. The molecule has 2 rings (SSSR count). The van der Waals surface area contributed by atoms with Crippen molar-refractivity contribution in [3.63, 3.8) is 0 Å². The monoisotopic (exact) mass is 295 g/mol. The molecule has 0 fully saturated rings. The predicted octanol–water partition coefficient (Wildman–Crippen LogP) is 1.80. The lowest BCUT2D eigenvalue weighted by molar-refractivity contribution is 0.115. The molecule has 6 nitrogen and oxygen atoms in total. The SMILES string of the molecule is O=C(O)NC(c1ccc(F)cn1)C(O)c1ccc(F)cn1. The van der Waals surface area contributed by atoms with Crippen molar-refractivity contribution in [1.29, 1.82) is 0 Å². The average Bonchev–Trinajstić information content (AvgIpc) is 2.46. The Bertz CT molecular complexity index is 620. The van der Waals surface area contributed by atoms with Gasteiger partial charge in [-0.3, -0.25) is 9.97 Å². The van der Waals surface area contributed by atoms with Gasteiger partial charge in [0.2, 0.25) is 0 Å². The molecule has 0 saturated carbocycles. The number of nitrogens with one attached hydrogen (secondary N) is 1. The third kappa shape index (κ3) is 3.69. The molecule has 0 spiro atoms. The molecule has 0 bridgehead atoms. The quantitative estimate of drug-likeness (QED) is 0.799. The Morgan fingerprint density at radius 2 is 1.57 bits per heavy atom. The lowest BCUT2D eigenvalue weighted by Gasteiger charge is -2.22. The zero-order chi connectivity index (χ0) is 15.4. The van der Waals surface area contributed by atoms with E-state index in [1.807, 2.05) is 0 Å². The van der Waals surface area contributed by atoms with E-state index in [-0.39, 0.29) is 11.4 Å². The van der Waals surface area contributed by atoms with Crippen LogP contribution in [-0.2, 0) is 0 Å². The maximum absolute atomic E-state index is 12.9. The molecule has 0 radical (unpaired) electrons. The second-order valence-corrected chi connectivity index (χ2v) is 4.17. The van der Waals surface area contributed by atoms with Crippen LogP contribution in [0.4, 0.5) is 13.6 Å². The van der Waals surface area contributed by atoms with Crippen molar-refractivity contribution in [3.05, 3.63) is 59.7 Å². The number of pyridine rings is 2.